The van der Waals surface area contributed by atoms with Gasteiger partial charge >= 0.3 is 22.5 Å². The highest BCUT2D eigenvalue weighted by Crippen LogP contribution is 2.44. The van der Waals surface area contributed by atoms with Crippen LogP contribution in [0, 0.1) is 11.8 Å². The summed E-state index contributed by atoms with van der Waals surface area (Å²) in [5.41, 5.74) is 0. The number of hydrogen-bond acceptors (Lipinski definition) is 8. The molecule has 0 N–H and O–H groups in total. The molecular formula is C22H28N6O8S. The van der Waals surface area contributed by atoms with Gasteiger partial charge in [0.05, 0.1) is 12.1 Å². The lowest BCUT2D eigenvalue weighted by Gasteiger charge is -2.30. The monoisotopic (exact) mass is 536 g/mol. The zero-order chi connectivity index (χ0) is 25.4. The lowest BCUT2D eigenvalue weighted by molar-refractivity contribution is -0.132. The van der Waals surface area contributed by atoms with Gasteiger partial charge in [-0.1, -0.05) is 0 Å². The first kappa shape index (κ1) is 22.3. The van der Waals surface area contributed by atoms with Crippen molar-refractivity contribution in [1.29, 1.82) is 0 Å². The molecule has 6 amide bonds. The second kappa shape index (κ2) is 7.26. The molecule has 8 aliphatic rings. The molecule has 0 aromatic carbocycles. The highest BCUT2D eigenvalue weighted by Gasteiger charge is 2.61. The first-order chi connectivity index (χ1) is 17.7. The van der Waals surface area contributed by atoms with Crippen molar-refractivity contribution in [3.8, 4) is 0 Å². The van der Waals surface area contributed by atoms with Gasteiger partial charge in [-0.2, -0.15) is 18.5 Å². The molecule has 0 radical (unpaired) electrons. The minimum atomic E-state index is -4.83. The van der Waals surface area contributed by atoms with Gasteiger partial charge in [0.15, 0.2) is 0 Å². The van der Waals surface area contributed by atoms with Gasteiger partial charge in [0.25, 0.3) is 0 Å². The predicted molar refractivity (Wildman–Crippen MR) is 120 cm³/mol. The first-order valence-corrected chi connectivity index (χ1v) is 14.5. The molecule has 0 aromatic rings. The molecule has 200 valence electrons. The van der Waals surface area contributed by atoms with E-state index in [1.807, 2.05) is 9.80 Å². The number of hydrogen-bond donors (Lipinski definition) is 0. The number of rotatable bonds is 6. The van der Waals surface area contributed by atoms with Crippen molar-refractivity contribution in [2.75, 3.05) is 26.2 Å². The fourth-order valence-electron chi connectivity index (χ4n) is 7.47. The Balaban J connectivity index is 0.958. The van der Waals surface area contributed by atoms with Crippen LogP contribution in [0.2, 0.25) is 0 Å². The predicted octanol–water partition coefficient (Wildman–Crippen LogP) is -0.907. The highest BCUT2D eigenvalue weighted by molar-refractivity contribution is 7.81. The van der Waals surface area contributed by atoms with Crippen molar-refractivity contribution in [3.05, 3.63) is 0 Å². The topological polar surface area (TPSA) is 140 Å². The fraction of sp³-hybridized carbons (Fsp3) is 0.818. The third kappa shape index (κ3) is 3.19. The summed E-state index contributed by atoms with van der Waals surface area (Å²) in [7, 11) is -4.83. The van der Waals surface area contributed by atoms with Crippen molar-refractivity contribution >= 4 is 34.3 Å². The largest absolute Gasteiger partial charge is 0.442 e. The summed E-state index contributed by atoms with van der Waals surface area (Å²) in [5.74, 6) is -0.311. The van der Waals surface area contributed by atoms with E-state index in [-0.39, 0.29) is 48.8 Å². The van der Waals surface area contributed by atoms with Crippen LogP contribution in [0.1, 0.15) is 38.5 Å². The number of likely N-dealkylation sites (tertiary alicyclic amines) is 2. The molecule has 8 rings (SSSR count). The van der Waals surface area contributed by atoms with Gasteiger partial charge in [0, 0.05) is 50.1 Å². The molecule has 6 aliphatic heterocycles. The number of fused-ring (bicyclic) bond motifs is 8. The average molecular weight is 537 g/mol. The summed E-state index contributed by atoms with van der Waals surface area (Å²) in [6.45, 7) is 1.51. The van der Waals surface area contributed by atoms with Crippen molar-refractivity contribution in [2.24, 2.45) is 11.8 Å². The lowest BCUT2D eigenvalue weighted by Crippen LogP contribution is -2.48. The van der Waals surface area contributed by atoms with Crippen LogP contribution in [0.15, 0.2) is 0 Å². The van der Waals surface area contributed by atoms with Crippen molar-refractivity contribution in [3.63, 3.8) is 0 Å². The van der Waals surface area contributed by atoms with E-state index >= 15 is 0 Å². The Bertz CT molecular complexity index is 1140. The minimum Gasteiger partial charge on any atom is -0.338 e. The van der Waals surface area contributed by atoms with Gasteiger partial charge in [-0.25, -0.2) is 9.59 Å². The third-order valence-electron chi connectivity index (χ3n) is 9.31. The maximum Gasteiger partial charge on any atom is 0.442 e. The molecule has 0 unspecified atom stereocenters. The molecule has 6 heterocycles. The van der Waals surface area contributed by atoms with Crippen molar-refractivity contribution < 1.29 is 36.2 Å². The number of urea groups is 2. The van der Waals surface area contributed by atoms with Gasteiger partial charge in [-0.3, -0.25) is 9.59 Å². The summed E-state index contributed by atoms with van der Waals surface area (Å²) >= 11 is 0. The molecule has 37 heavy (non-hydrogen) atoms. The van der Waals surface area contributed by atoms with E-state index in [4.69, 9.17) is 8.57 Å². The molecule has 14 nitrogen and oxygen atoms in total. The number of carbonyl (C=O) groups excluding carboxylic acids is 4. The van der Waals surface area contributed by atoms with Crippen LogP contribution < -0.4 is 0 Å². The molecule has 8 fully saturated rings. The molecule has 0 spiro atoms. The number of carbonyl (C=O) groups is 4. The van der Waals surface area contributed by atoms with Gasteiger partial charge in [0.2, 0.25) is 11.8 Å². The van der Waals surface area contributed by atoms with E-state index < -0.39 is 46.6 Å². The minimum absolute atomic E-state index is 0.0765. The van der Waals surface area contributed by atoms with Crippen LogP contribution in [0.3, 0.4) is 0 Å². The van der Waals surface area contributed by atoms with Crippen LogP contribution >= 0.6 is 0 Å². The maximum absolute atomic E-state index is 13.1. The average Bonchev–Trinajstić information content (AvgIpc) is 3.78. The number of hydroxylamine groups is 4. The second-order valence-corrected chi connectivity index (χ2v) is 12.8. The maximum atomic E-state index is 13.1. The second-order valence-electron chi connectivity index (χ2n) is 11.7. The van der Waals surface area contributed by atoms with Crippen LogP contribution in [0.25, 0.3) is 0 Å². The summed E-state index contributed by atoms with van der Waals surface area (Å²) < 4.78 is 36.1. The van der Waals surface area contributed by atoms with Crippen LogP contribution in [-0.4, -0.2) is 124 Å². The Hall–Kier alpha value is -2.65. The summed E-state index contributed by atoms with van der Waals surface area (Å²) in [6.07, 6.45) is 4.81. The van der Waals surface area contributed by atoms with E-state index in [9.17, 15) is 27.6 Å². The Morgan fingerprint density at radius 1 is 0.568 bits per heavy atom. The standard InChI is InChI=1S/C22H28N6O8S/c29-19-17-11(7-23(19)13-1-2-13)5-15-9-25(17)21(31)27(15)35-37(33,34)36-28-16-6-12-8-24(14-3-4-14)20(30)18(12)26(10-16)22(28)32/h11-18H,1-10H2/t11-,12-,15+,16+,17-,18-/m0/s1. The Labute approximate surface area is 213 Å². The van der Waals surface area contributed by atoms with Crippen LogP contribution in [0.5, 0.6) is 0 Å². The molecule has 2 aliphatic carbocycles. The quantitative estimate of drug-likeness (QED) is 0.425. The van der Waals surface area contributed by atoms with E-state index in [0.29, 0.717) is 25.9 Å². The van der Waals surface area contributed by atoms with Gasteiger partial charge < -0.3 is 19.6 Å². The fourth-order valence-corrected chi connectivity index (χ4v) is 8.26. The van der Waals surface area contributed by atoms with Gasteiger partial charge in [-0.15, -0.1) is 8.57 Å². The van der Waals surface area contributed by atoms with E-state index in [1.165, 1.54) is 9.80 Å². The van der Waals surface area contributed by atoms with E-state index in [2.05, 4.69) is 0 Å². The molecule has 6 saturated heterocycles. The molecule has 15 heteroatoms. The summed E-state index contributed by atoms with van der Waals surface area (Å²) in [5, 5.41) is 1.56. The molecule has 4 bridgehead atoms. The Morgan fingerprint density at radius 3 is 1.35 bits per heavy atom. The van der Waals surface area contributed by atoms with Gasteiger partial charge in [-0.05, 0) is 38.5 Å². The lowest BCUT2D eigenvalue weighted by atomic mass is 9.91. The molecule has 2 saturated carbocycles. The Morgan fingerprint density at radius 2 is 0.973 bits per heavy atom. The van der Waals surface area contributed by atoms with Crippen LogP contribution in [-0.2, 0) is 28.6 Å². The Kier molecular flexibility index (Phi) is 4.38. The molecule has 6 atom stereocenters. The molecular weight excluding hydrogens is 508 g/mol. The smallest absolute Gasteiger partial charge is 0.338 e. The third-order valence-corrected chi connectivity index (χ3v) is 10.0. The summed E-state index contributed by atoms with van der Waals surface area (Å²) in [4.78, 5) is 58.6. The number of nitrogens with zero attached hydrogens (tertiary/aromatic N) is 6. The molecule has 0 aromatic heterocycles. The van der Waals surface area contributed by atoms with Crippen molar-refractivity contribution in [2.45, 2.75) is 74.8 Å². The normalized spacial score (nSPS) is 38.9. The number of amides is 6. The van der Waals surface area contributed by atoms with E-state index in [1.54, 1.807) is 0 Å². The van der Waals surface area contributed by atoms with E-state index in [0.717, 1.165) is 35.8 Å². The number of piperidine rings is 2. The summed E-state index contributed by atoms with van der Waals surface area (Å²) in [6, 6.07) is -3.13. The van der Waals surface area contributed by atoms with Crippen LogP contribution in [0.4, 0.5) is 9.59 Å². The first-order valence-electron chi connectivity index (χ1n) is 13.1. The highest BCUT2D eigenvalue weighted by atomic mass is 32.3. The zero-order valence-electron chi connectivity index (χ0n) is 20.0. The SMILES string of the molecule is O=C1[C@@H]2[C@@H](C[C@@H]3CN2C(=O)N3OS(=O)(=O)ON2C(=O)N3C[C@H]2C[C@H]2CN(C4CC4)C(=O)[C@H]23)CN1C1CC1. The van der Waals surface area contributed by atoms with Crippen molar-refractivity contribution in [1.82, 2.24) is 29.7 Å². The zero-order valence-corrected chi connectivity index (χ0v) is 20.9. The van der Waals surface area contributed by atoms with Gasteiger partial charge in [0.1, 0.15) is 12.1 Å².